The van der Waals surface area contributed by atoms with Crippen LogP contribution in [-0.2, 0) is 9.59 Å². The molecule has 1 aliphatic heterocycles. The molecule has 4 rings (SSSR count). The van der Waals surface area contributed by atoms with Crippen molar-refractivity contribution in [3.05, 3.63) is 79.9 Å². The Hall–Kier alpha value is -3.53. The highest BCUT2D eigenvalue weighted by atomic mass is 35.5. The molecule has 4 atom stereocenters. The fourth-order valence-corrected chi connectivity index (χ4v) is 6.41. The Balaban J connectivity index is 1.61. The molecule has 2 aromatic rings. The van der Waals surface area contributed by atoms with Crippen LogP contribution in [0.1, 0.15) is 57.9 Å². The number of rotatable bonds is 11. The summed E-state index contributed by atoms with van der Waals surface area (Å²) in [7, 11) is 0. The molecule has 3 N–H and O–H groups in total. The number of imide groups is 1. The summed E-state index contributed by atoms with van der Waals surface area (Å²) in [5.41, 5.74) is 3.19. The van der Waals surface area contributed by atoms with Crippen LogP contribution in [0.25, 0.3) is 6.08 Å². The molecular weight excluding hydrogens is 548 g/mol. The predicted molar refractivity (Wildman–Crippen MR) is 156 cm³/mol. The van der Waals surface area contributed by atoms with E-state index in [-0.39, 0.29) is 23.5 Å². The van der Waals surface area contributed by atoms with E-state index in [1.165, 1.54) is 30.3 Å². The summed E-state index contributed by atoms with van der Waals surface area (Å²) in [6, 6.07) is 10.2. The number of nitro groups is 1. The van der Waals surface area contributed by atoms with E-state index in [1.54, 1.807) is 12.1 Å². The average Bonchev–Trinajstić information content (AvgIpc) is 3.20. The number of carbonyl (C=O) groups excluding carboxylic acids is 2. The minimum atomic E-state index is -0.936. The summed E-state index contributed by atoms with van der Waals surface area (Å²) in [6.07, 6.45) is 4.27. The molecule has 10 heteroatoms. The molecule has 2 aliphatic rings. The van der Waals surface area contributed by atoms with Crippen molar-refractivity contribution in [2.24, 2.45) is 17.8 Å². The second-order valence-electron chi connectivity index (χ2n) is 10.6. The second-order valence-corrected chi connectivity index (χ2v) is 11.0. The first-order valence-electron chi connectivity index (χ1n) is 13.9. The van der Waals surface area contributed by atoms with Gasteiger partial charge in [0, 0.05) is 18.1 Å². The number of nitrogens with zero attached hydrogens (tertiary/aromatic N) is 2. The molecule has 1 saturated heterocycles. The number of non-ortho nitro benzene ring substituents is 1. The average molecular weight is 583 g/mol. The summed E-state index contributed by atoms with van der Waals surface area (Å²) >= 11 is 6.28. The lowest BCUT2D eigenvalue weighted by Gasteiger charge is -2.36. The second kappa shape index (κ2) is 13.0. The number of phenolic OH excluding ortho intramolecular Hbond substituents is 1. The van der Waals surface area contributed by atoms with Crippen molar-refractivity contribution < 1.29 is 29.8 Å². The number of hydrogen-bond acceptors (Lipinski definition) is 7. The number of amides is 2. The van der Waals surface area contributed by atoms with Crippen molar-refractivity contribution in [3.8, 4) is 5.75 Å². The molecule has 2 amide bonds. The molecule has 1 aliphatic carbocycles. The van der Waals surface area contributed by atoms with Crippen molar-refractivity contribution in [1.82, 2.24) is 0 Å². The molecule has 9 nitrogen and oxygen atoms in total. The Morgan fingerprint density at radius 1 is 1.20 bits per heavy atom. The highest BCUT2D eigenvalue weighted by molar-refractivity contribution is 6.32. The van der Waals surface area contributed by atoms with E-state index in [4.69, 9.17) is 11.6 Å². The van der Waals surface area contributed by atoms with Gasteiger partial charge in [-0.2, -0.15) is 0 Å². The fraction of sp³-hybridized carbons (Fsp3) is 0.419. The molecule has 0 unspecified atom stereocenters. The first-order valence-corrected chi connectivity index (χ1v) is 14.3. The number of aromatic hydroxyl groups is 1. The van der Waals surface area contributed by atoms with Gasteiger partial charge in [-0.1, -0.05) is 55.2 Å². The van der Waals surface area contributed by atoms with Gasteiger partial charge in [-0.15, -0.1) is 0 Å². The van der Waals surface area contributed by atoms with Crippen LogP contribution in [0.3, 0.4) is 0 Å². The maximum atomic E-state index is 13.7. The number of aliphatic hydroxyl groups excluding tert-OH is 2. The largest absolute Gasteiger partial charge is 0.508 e. The minimum Gasteiger partial charge on any atom is -0.508 e. The lowest BCUT2D eigenvalue weighted by atomic mass is 9.67. The maximum absolute atomic E-state index is 13.7. The van der Waals surface area contributed by atoms with E-state index in [0.29, 0.717) is 36.3 Å². The van der Waals surface area contributed by atoms with Crippen LogP contribution in [0.2, 0.25) is 5.02 Å². The van der Waals surface area contributed by atoms with E-state index >= 15 is 0 Å². The first kappa shape index (κ1) is 30.4. The molecule has 1 fully saturated rings. The number of hydrogen-bond donors (Lipinski definition) is 3. The molecule has 2 aromatic carbocycles. The molecule has 1 heterocycles. The van der Waals surface area contributed by atoms with Crippen LogP contribution < -0.4 is 4.90 Å². The smallest absolute Gasteiger partial charge is 0.271 e. The van der Waals surface area contributed by atoms with Crippen molar-refractivity contribution in [2.75, 3.05) is 11.5 Å². The number of benzene rings is 2. The summed E-state index contributed by atoms with van der Waals surface area (Å²) in [5, 5.41) is 43.4. The SMILES string of the molecule is CCCC1=C([C@H](O)CC/C(=C/c2ccc(O)cc2Cl)CC)[C@H](CO)[C@@H]2C(=O)N(c3cccc([N+](=O)[O-])c3)C(=O)[C@@H]2C1. The van der Waals surface area contributed by atoms with Crippen LogP contribution in [-0.4, -0.2) is 44.8 Å². The monoisotopic (exact) mass is 582 g/mol. The highest BCUT2D eigenvalue weighted by Gasteiger charge is 2.55. The summed E-state index contributed by atoms with van der Waals surface area (Å²) in [6.45, 7) is 3.58. The minimum absolute atomic E-state index is 0.0747. The van der Waals surface area contributed by atoms with Crippen LogP contribution >= 0.6 is 11.6 Å². The number of carbonyl (C=O) groups is 2. The number of aliphatic hydroxyl groups is 2. The Labute approximate surface area is 243 Å². The summed E-state index contributed by atoms with van der Waals surface area (Å²) in [5.74, 6) is -3.20. The van der Waals surface area contributed by atoms with E-state index in [9.17, 15) is 35.0 Å². The highest BCUT2D eigenvalue weighted by Crippen LogP contribution is 2.48. The van der Waals surface area contributed by atoms with E-state index < -0.39 is 47.2 Å². The Morgan fingerprint density at radius 3 is 2.59 bits per heavy atom. The maximum Gasteiger partial charge on any atom is 0.271 e. The fourth-order valence-electron chi connectivity index (χ4n) is 6.18. The van der Waals surface area contributed by atoms with Gasteiger partial charge in [-0.25, -0.2) is 4.90 Å². The predicted octanol–water partition coefficient (Wildman–Crippen LogP) is 5.80. The van der Waals surface area contributed by atoms with Crippen LogP contribution in [0.15, 0.2) is 59.2 Å². The Morgan fingerprint density at radius 2 is 1.95 bits per heavy atom. The van der Waals surface area contributed by atoms with Gasteiger partial charge in [0.25, 0.3) is 5.69 Å². The van der Waals surface area contributed by atoms with Gasteiger partial charge in [-0.3, -0.25) is 19.7 Å². The van der Waals surface area contributed by atoms with E-state index in [2.05, 4.69) is 0 Å². The molecule has 0 spiro atoms. The molecule has 0 radical (unpaired) electrons. The molecule has 0 aromatic heterocycles. The lowest BCUT2D eigenvalue weighted by molar-refractivity contribution is -0.384. The standard InChI is InChI=1S/C31H35ClN2O7/c1-3-6-20-14-24-29(31(39)33(30(24)38)21-7-5-8-22(15-21)34(40)41)25(17-35)28(20)27(37)12-9-18(4-2)13-19-10-11-23(36)16-26(19)32/h5,7-8,10-11,13,15-16,24-25,27,29,35-37H,3-4,6,9,12,14,17H2,1-2H3/b18-13+/t24-,25+,27-,29-/m1/s1. The Bertz CT molecular complexity index is 1400. The zero-order valence-electron chi connectivity index (χ0n) is 23.1. The molecule has 0 bridgehead atoms. The molecule has 41 heavy (non-hydrogen) atoms. The van der Waals surface area contributed by atoms with Gasteiger partial charge >= 0.3 is 0 Å². The normalized spacial score (nSPS) is 21.8. The quantitative estimate of drug-likeness (QED) is 0.131. The van der Waals surface area contributed by atoms with Crippen LogP contribution in [0, 0.1) is 27.9 Å². The number of allylic oxidation sites excluding steroid dienone is 2. The number of nitro benzene ring substituents is 1. The number of halogens is 1. The Kier molecular flexibility index (Phi) is 9.63. The molecule has 218 valence electrons. The van der Waals surface area contributed by atoms with Gasteiger partial charge in [0.05, 0.1) is 40.2 Å². The lowest BCUT2D eigenvalue weighted by Crippen LogP contribution is -2.39. The number of fused-ring (bicyclic) bond motifs is 1. The van der Waals surface area contributed by atoms with Crippen molar-refractivity contribution in [1.29, 1.82) is 0 Å². The molecule has 0 saturated carbocycles. The van der Waals surface area contributed by atoms with Crippen molar-refractivity contribution in [2.45, 2.75) is 58.5 Å². The number of anilines is 1. The van der Waals surface area contributed by atoms with Gasteiger partial charge < -0.3 is 15.3 Å². The third-order valence-corrected chi connectivity index (χ3v) is 8.45. The van der Waals surface area contributed by atoms with Crippen LogP contribution in [0.4, 0.5) is 11.4 Å². The van der Waals surface area contributed by atoms with Gasteiger partial charge in [0.2, 0.25) is 11.8 Å². The third-order valence-electron chi connectivity index (χ3n) is 8.13. The summed E-state index contributed by atoms with van der Waals surface area (Å²) < 4.78 is 0. The van der Waals surface area contributed by atoms with Gasteiger partial charge in [0.1, 0.15) is 5.75 Å². The molecular formula is C31H35ClN2O7. The zero-order chi connectivity index (χ0) is 29.8. The van der Waals surface area contributed by atoms with Crippen molar-refractivity contribution in [3.63, 3.8) is 0 Å². The van der Waals surface area contributed by atoms with Gasteiger partial charge in [-0.05, 0) is 67.5 Å². The van der Waals surface area contributed by atoms with Crippen molar-refractivity contribution >= 4 is 40.9 Å². The number of phenols is 1. The third kappa shape index (κ3) is 6.22. The van der Waals surface area contributed by atoms with Crippen LogP contribution in [0.5, 0.6) is 5.75 Å². The first-order chi connectivity index (χ1) is 19.6. The van der Waals surface area contributed by atoms with Gasteiger partial charge in [0.15, 0.2) is 0 Å². The van der Waals surface area contributed by atoms with E-state index in [1.807, 2.05) is 19.9 Å². The zero-order valence-corrected chi connectivity index (χ0v) is 23.9. The topological polar surface area (TPSA) is 141 Å². The van der Waals surface area contributed by atoms with E-state index in [0.717, 1.165) is 28.0 Å². The summed E-state index contributed by atoms with van der Waals surface area (Å²) in [4.78, 5) is 38.9.